The van der Waals surface area contributed by atoms with Crippen LogP contribution in [-0.4, -0.2) is 42.3 Å². The molecule has 2 aromatic carbocycles. The SMILES string of the molecule is Cc1ccccc1C(=O)N1CCC(C(=O)OCC(=O)c2ccccc2)CC1. The van der Waals surface area contributed by atoms with E-state index >= 15 is 0 Å². The van der Waals surface area contributed by atoms with Gasteiger partial charge in [-0.2, -0.15) is 0 Å². The standard InChI is InChI=1S/C22H23NO4/c1-16-7-5-6-10-19(16)21(25)23-13-11-18(12-14-23)22(26)27-15-20(24)17-8-3-2-4-9-17/h2-10,18H,11-15H2,1H3. The Kier molecular flexibility index (Phi) is 6.01. The Labute approximate surface area is 158 Å². The summed E-state index contributed by atoms with van der Waals surface area (Å²) in [6, 6.07) is 16.3. The fraction of sp³-hybridized carbons (Fsp3) is 0.318. The number of carbonyl (C=O) groups excluding carboxylic acids is 3. The summed E-state index contributed by atoms with van der Waals surface area (Å²) < 4.78 is 5.21. The molecule has 3 rings (SSSR count). The quantitative estimate of drug-likeness (QED) is 0.603. The molecule has 27 heavy (non-hydrogen) atoms. The molecule has 1 aliphatic rings. The normalized spacial score (nSPS) is 14.6. The van der Waals surface area contributed by atoms with Gasteiger partial charge in [0.05, 0.1) is 5.92 Å². The first-order valence-electron chi connectivity index (χ1n) is 9.16. The van der Waals surface area contributed by atoms with Crippen molar-refractivity contribution in [2.45, 2.75) is 19.8 Å². The Morgan fingerprint density at radius 1 is 0.963 bits per heavy atom. The van der Waals surface area contributed by atoms with Crippen LogP contribution in [0.25, 0.3) is 0 Å². The van der Waals surface area contributed by atoms with Gasteiger partial charge in [0.2, 0.25) is 0 Å². The zero-order valence-electron chi connectivity index (χ0n) is 15.4. The smallest absolute Gasteiger partial charge is 0.309 e. The molecule has 2 aromatic rings. The molecule has 0 N–H and O–H groups in total. The molecule has 0 spiro atoms. The van der Waals surface area contributed by atoms with Gasteiger partial charge in [-0.25, -0.2) is 0 Å². The number of nitrogens with zero attached hydrogens (tertiary/aromatic N) is 1. The molecule has 5 heteroatoms. The molecule has 1 saturated heterocycles. The summed E-state index contributed by atoms with van der Waals surface area (Å²) >= 11 is 0. The molecule has 1 amide bonds. The molecule has 0 unspecified atom stereocenters. The number of likely N-dealkylation sites (tertiary alicyclic amines) is 1. The van der Waals surface area contributed by atoms with Crippen LogP contribution >= 0.6 is 0 Å². The van der Waals surface area contributed by atoms with Gasteiger partial charge in [0.1, 0.15) is 0 Å². The Bertz CT molecular complexity index is 823. The fourth-order valence-corrected chi connectivity index (χ4v) is 3.26. The second-order valence-electron chi connectivity index (χ2n) is 6.78. The van der Waals surface area contributed by atoms with E-state index in [1.54, 1.807) is 29.2 Å². The van der Waals surface area contributed by atoms with Gasteiger partial charge in [-0.1, -0.05) is 48.5 Å². The highest BCUT2D eigenvalue weighted by Gasteiger charge is 2.29. The van der Waals surface area contributed by atoms with Crippen LogP contribution in [0.5, 0.6) is 0 Å². The molecule has 0 radical (unpaired) electrons. The maximum atomic E-state index is 12.6. The van der Waals surface area contributed by atoms with Crippen LogP contribution in [0.1, 0.15) is 39.1 Å². The van der Waals surface area contributed by atoms with Crippen molar-refractivity contribution < 1.29 is 19.1 Å². The molecular weight excluding hydrogens is 342 g/mol. The lowest BCUT2D eigenvalue weighted by molar-refractivity contribution is -0.148. The fourth-order valence-electron chi connectivity index (χ4n) is 3.26. The minimum Gasteiger partial charge on any atom is -0.457 e. The van der Waals surface area contributed by atoms with Crippen LogP contribution < -0.4 is 0 Å². The van der Waals surface area contributed by atoms with Crippen molar-refractivity contribution in [3.8, 4) is 0 Å². The minimum atomic E-state index is -0.359. The van der Waals surface area contributed by atoms with Gasteiger partial charge in [0, 0.05) is 24.2 Å². The third kappa shape index (κ3) is 4.61. The van der Waals surface area contributed by atoms with Gasteiger partial charge >= 0.3 is 5.97 Å². The lowest BCUT2D eigenvalue weighted by atomic mass is 9.96. The molecule has 1 heterocycles. The number of esters is 1. The molecule has 1 aliphatic heterocycles. The number of ether oxygens (including phenoxy) is 1. The van der Waals surface area contributed by atoms with Gasteiger partial charge in [0.25, 0.3) is 5.91 Å². The molecule has 0 bridgehead atoms. The number of carbonyl (C=O) groups is 3. The lowest BCUT2D eigenvalue weighted by Crippen LogP contribution is -2.41. The molecule has 0 aliphatic carbocycles. The van der Waals surface area contributed by atoms with Gasteiger partial charge in [-0.15, -0.1) is 0 Å². The van der Waals surface area contributed by atoms with Gasteiger partial charge in [0.15, 0.2) is 12.4 Å². The van der Waals surface area contributed by atoms with Crippen LogP contribution in [0.15, 0.2) is 54.6 Å². The van der Waals surface area contributed by atoms with E-state index in [0.717, 1.165) is 5.56 Å². The predicted molar refractivity (Wildman–Crippen MR) is 102 cm³/mol. The molecular formula is C22H23NO4. The van der Waals surface area contributed by atoms with E-state index in [1.165, 1.54) is 0 Å². The van der Waals surface area contributed by atoms with Crippen molar-refractivity contribution in [3.05, 3.63) is 71.3 Å². The molecule has 0 aromatic heterocycles. The van der Waals surface area contributed by atoms with Crippen LogP contribution in [-0.2, 0) is 9.53 Å². The Hall–Kier alpha value is -2.95. The number of ketones is 1. The second-order valence-corrected chi connectivity index (χ2v) is 6.78. The number of amides is 1. The summed E-state index contributed by atoms with van der Waals surface area (Å²) in [4.78, 5) is 38.7. The molecule has 1 fully saturated rings. The number of hydrogen-bond acceptors (Lipinski definition) is 4. The third-order valence-electron chi connectivity index (χ3n) is 4.93. The predicted octanol–water partition coefficient (Wildman–Crippen LogP) is 3.27. The number of aryl methyl sites for hydroxylation is 1. The Morgan fingerprint density at radius 3 is 2.26 bits per heavy atom. The van der Waals surface area contributed by atoms with Gasteiger partial charge in [-0.05, 0) is 31.4 Å². The van der Waals surface area contributed by atoms with Crippen molar-refractivity contribution in [1.82, 2.24) is 4.90 Å². The number of piperidine rings is 1. The Morgan fingerprint density at radius 2 is 1.59 bits per heavy atom. The van der Waals surface area contributed by atoms with Crippen LogP contribution in [0.3, 0.4) is 0 Å². The summed E-state index contributed by atoms with van der Waals surface area (Å²) in [6.45, 7) is 2.70. The van der Waals surface area contributed by atoms with E-state index in [1.807, 2.05) is 37.3 Å². The van der Waals surface area contributed by atoms with Crippen molar-refractivity contribution in [1.29, 1.82) is 0 Å². The van der Waals surface area contributed by atoms with Crippen LogP contribution in [0.2, 0.25) is 0 Å². The van der Waals surface area contributed by atoms with Gasteiger partial charge < -0.3 is 9.64 Å². The highest BCUT2D eigenvalue weighted by atomic mass is 16.5. The molecule has 0 atom stereocenters. The van der Waals surface area contributed by atoms with E-state index in [-0.39, 0.29) is 30.2 Å². The highest BCUT2D eigenvalue weighted by molar-refractivity contribution is 5.98. The Balaban J connectivity index is 1.49. The van der Waals surface area contributed by atoms with Crippen LogP contribution in [0, 0.1) is 12.8 Å². The van der Waals surface area contributed by atoms with Gasteiger partial charge in [-0.3, -0.25) is 14.4 Å². The zero-order chi connectivity index (χ0) is 19.2. The average Bonchev–Trinajstić information content (AvgIpc) is 2.72. The van der Waals surface area contributed by atoms with Crippen molar-refractivity contribution in [2.75, 3.05) is 19.7 Å². The largest absolute Gasteiger partial charge is 0.457 e. The summed E-state index contributed by atoms with van der Waals surface area (Å²) in [5.74, 6) is -0.841. The summed E-state index contributed by atoms with van der Waals surface area (Å²) in [5, 5.41) is 0. The van der Waals surface area contributed by atoms with E-state index in [0.29, 0.717) is 37.1 Å². The third-order valence-corrected chi connectivity index (χ3v) is 4.93. The van der Waals surface area contributed by atoms with Crippen molar-refractivity contribution >= 4 is 17.7 Å². The van der Waals surface area contributed by atoms with Crippen molar-refractivity contribution in [3.63, 3.8) is 0 Å². The zero-order valence-corrected chi connectivity index (χ0v) is 15.4. The van der Waals surface area contributed by atoms with E-state index in [9.17, 15) is 14.4 Å². The summed E-state index contributed by atoms with van der Waals surface area (Å²) in [7, 11) is 0. The molecule has 0 saturated carbocycles. The summed E-state index contributed by atoms with van der Waals surface area (Å²) in [6.07, 6.45) is 1.10. The van der Waals surface area contributed by atoms with E-state index in [4.69, 9.17) is 4.74 Å². The second kappa shape index (κ2) is 8.62. The molecule has 5 nitrogen and oxygen atoms in total. The number of hydrogen-bond donors (Lipinski definition) is 0. The maximum absolute atomic E-state index is 12.6. The van der Waals surface area contributed by atoms with Crippen LogP contribution in [0.4, 0.5) is 0 Å². The first kappa shape index (κ1) is 18.8. The van der Waals surface area contributed by atoms with E-state index < -0.39 is 0 Å². The van der Waals surface area contributed by atoms with Crippen molar-refractivity contribution in [2.24, 2.45) is 5.92 Å². The lowest BCUT2D eigenvalue weighted by Gasteiger charge is -2.31. The first-order valence-corrected chi connectivity index (χ1v) is 9.16. The highest BCUT2D eigenvalue weighted by Crippen LogP contribution is 2.21. The monoisotopic (exact) mass is 365 g/mol. The topological polar surface area (TPSA) is 63.7 Å². The molecule has 140 valence electrons. The maximum Gasteiger partial charge on any atom is 0.309 e. The number of Topliss-reactive ketones (excluding diaryl/α,β-unsaturated/α-hetero) is 1. The first-order chi connectivity index (χ1) is 13.1. The number of benzene rings is 2. The number of rotatable bonds is 5. The van der Waals surface area contributed by atoms with E-state index in [2.05, 4.69) is 0 Å². The summed E-state index contributed by atoms with van der Waals surface area (Å²) in [5.41, 5.74) is 2.18. The minimum absolute atomic E-state index is 0.000766. The average molecular weight is 365 g/mol.